The van der Waals surface area contributed by atoms with E-state index in [0.717, 1.165) is 5.56 Å². The van der Waals surface area contributed by atoms with Crippen LogP contribution in [0.3, 0.4) is 0 Å². The second kappa shape index (κ2) is 8.75. The van der Waals surface area contributed by atoms with Gasteiger partial charge in [-0.2, -0.15) is 10.1 Å². The summed E-state index contributed by atoms with van der Waals surface area (Å²) in [6.45, 7) is 0. The van der Waals surface area contributed by atoms with Crippen LogP contribution in [0.5, 0.6) is 17.2 Å². The topological polar surface area (TPSA) is 60.4 Å². The van der Waals surface area contributed by atoms with Gasteiger partial charge in [-0.1, -0.05) is 48.5 Å². The average molecular weight is 414 g/mol. The molecule has 0 saturated carbocycles. The lowest BCUT2D eigenvalue weighted by molar-refractivity contribution is -0.114. The molecule has 0 fully saturated rings. The Morgan fingerprint density at radius 2 is 1.42 bits per heavy atom. The van der Waals surface area contributed by atoms with Gasteiger partial charge in [0.15, 0.2) is 11.5 Å². The number of hydrazone groups is 1. The largest absolute Gasteiger partial charge is 0.493 e. The molecule has 0 unspecified atom stereocenters. The second-order valence-corrected chi connectivity index (χ2v) is 6.75. The van der Waals surface area contributed by atoms with Crippen molar-refractivity contribution < 1.29 is 19.0 Å². The molecule has 6 nitrogen and oxygen atoms in total. The number of methoxy groups -OCH3 is 3. The smallest absolute Gasteiger partial charge is 0.281 e. The maximum absolute atomic E-state index is 13.4. The zero-order chi connectivity index (χ0) is 21.8. The lowest BCUT2D eigenvalue weighted by atomic mass is 9.99. The maximum atomic E-state index is 13.4. The predicted molar refractivity (Wildman–Crippen MR) is 121 cm³/mol. The van der Waals surface area contributed by atoms with Gasteiger partial charge in [0, 0.05) is 11.1 Å². The summed E-state index contributed by atoms with van der Waals surface area (Å²) in [6, 6.07) is 22.6. The summed E-state index contributed by atoms with van der Waals surface area (Å²) >= 11 is 0. The molecule has 0 aliphatic carbocycles. The summed E-state index contributed by atoms with van der Waals surface area (Å²) in [4.78, 5) is 13.4. The first kappa shape index (κ1) is 20.2. The third-order valence-electron chi connectivity index (χ3n) is 4.96. The molecule has 0 saturated heterocycles. The number of nitrogens with zero attached hydrogens (tertiary/aromatic N) is 2. The Hall–Kier alpha value is -4.06. The number of carbonyl (C=O) groups excluding carboxylic acids is 1. The molecule has 6 heteroatoms. The average Bonchev–Trinajstić information content (AvgIpc) is 3.15. The first-order chi connectivity index (χ1) is 15.2. The molecule has 3 aromatic rings. The highest BCUT2D eigenvalue weighted by molar-refractivity contribution is 6.37. The van der Waals surface area contributed by atoms with E-state index in [-0.39, 0.29) is 5.91 Å². The third kappa shape index (κ3) is 3.75. The van der Waals surface area contributed by atoms with Crippen molar-refractivity contribution in [1.29, 1.82) is 0 Å². The number of para-hydroxylation sites is 1. The minimum Gasteiger partial charge on any atom is -0.493 e. The van der Waals surface area contributed by atoms with Crippen LogP contribution in [-0.2, 0) is 4.79 Å². The van der Waals surface area contributed by atoms with Crippen molar-refractivity contribution in [2.45, 2.75) is 0 Å². The zero-order valence-electron chi connectivity index (χ0n) is 17.5. The van der Waals surface area contributed by atoms with Gasteiger partial charge in [0.2, 0.25) is 5.75 Å². The van der Waals surface area contributed by atoms with E-state index in [2.05, 4.69) is 5.10 Å². The summed E-state index contributed by atoms with van der Waals surface area (Å²) in [7, 11) is 4.66. The van der Waals surface area contributed by atoms with Gasteiger partial charge >= 0.3 is 0 Å². The molecule has 1 aliphatic heterocycles. The number of carbonyl (C=O) groups is 1. The molecule has 0 spiro atoms. The van der Waals surface area contributed by atoms with Crippen LogP contribution in [0.25, 0.3) is 6.08 Å². The minimum atomic E-state index is -0.220. The van der Waals surface area contributed by atoms with Gasteiger partial charge in [-0.25, -0.2) is 0 Å². The van der Waals surface area contributed by atoms with Gasteiger partial charge in [0.05, 0.1) is 32.6 Å². The van der Waals surface area contributed by atoms with E-state index in [1.165, 1.54) is 5.01 Å². The molecular weight excluding hydrogens is 392 g/mol. The van der Waals surface area contributed by atoms with Crippen LogP contribution in [-0.4, -0.2) is 32.9 Å². The monoisotopic (exact) mass is 414 g/mol. The molecule has 1 heterocycles. The summed E-state index contributed by atoms with van der Waals surface area (Å²) in [5.41, 5.74) is 3.28. The van der Waals surface area contributed by atoms with Crippen molar-refractivity contribution >= 4 is 23.4 Å². The Morgan fingerprint density at radius 1 is 0.774 bits per heavy atom. The van der Waals surface area contributed by atoms with E-state index in [1.54, 1.807) is 33.5 Å². The lowest BCUT2D eigenvalue weighted by Crippen LogP contribution is -2.21. The van der Waals surface area contributed by atoms with Crippen molar-refractivity contribution in [3.05, 3.63) is 89.5 Å². The van der Waals surface area contributed by atoms with E-state index >= 15 is 0 Å². The molecule has 31 heavy (non-hydrogen) atoms. The summed E-state index contributed by atoms with van der Waals surface area (Å²) in [6.07, 6.45) is 1.78. The fourth-order valence-corrected chi connectivity index (χ4v) is 3.49. The molecule has 0 radical (unpaired) electrons. The number of anilines is 1. The maximum Gasteiger partial charge on any atom is 0.281 e. The SMILES string of the molecule is COc1ccc(/C=C2/C(=O)N(c3ccccc3)N=C2c2ccccc2)c(OC)c1OC. The van der Waals surface area contributed by atoms with Crippen LogP contribution in [0, 0.1) is 0 Å². The van der Waals surface area contributed by atoms with Crippen LogP contribution >= 0.6 is 0 Å². The van der Waals surface area contributed by atoms with Gasteiger partial charge in [-0.3, -0.25) is 4.79 Å². The fraction of sp³-hybridized carbons (Fsp3) is 0.120. The summed E-state index contributed by atoms with van der Waals surface area (Å²) in [5, 5.41) is 6.07. The van der Waals surface area contributed by atoms with Gasteiger partial charge < -0.3 is 14.2 Å². The number of hydrogen-bond acceptors (Lipinski definition) is 5. The van der Waals surface area contributed by atoms with Gasteiger partial charge in [0.1, 0.15) is 5.71 Å². The van der Waals surface area contributed by atoms with E-state index in [0.29, 0.717) is 39.8 Å². The van der Waals surface area contributed by atoms with Crippen LogP contribution < -0.4 is 19.2 Å². The highest BCUT2D eigenvalue weighted by Gasteiger charge is 2.32. The van der Waals surface area contributed by atoms with E-state index in [4.69, 9.17) is 14.2 Å². The summed E-state index contributed by atoms with van der Waals surface area (Å²) in [5.74, 6) is 1.26. The number of rotatable bonds is 6. The molecule has 0 bridgehead atoms. The highest BCUT2D eigenvalue weighted by Crippen LogP contribution is 2.41. The molecule has 1 amide bonds. The number of ether oxygens (including phenoxy) is 3. The Labute approximate surface area is 181 Å². The fourth-order valence-electron chi connectivity index (χ4n) is 3.49. The minimum absolute atomic E-state index is 0.220. The van der Waals surface area contributed by atoms with Crippen LogP contribution in [0.2, 0.25) is 0 Å². The molecule has 3 aromatic carbocycles. The first-order valence-electron chi connectivity index (χ1n) is 9.72. The molecular formula is C25H22N2O4. The second-order valence-electron chi connectivity index (χ2n) is 6.75. The molecule has 0 N–H and O–H groups in total. The van der Waals surface area contributed by atoms with E-state index < -0.39 is 0 Å². The Kier molecular flexibility index (Phi) is 5.71. The normalized spacial score (nSPS) is 14.5. The van der Waals surface area contributed by atoms with E-state index in [9.17, 15) is 4.79 Å². The number of benzene rings is 3. The van der Waals surface area contributed by atoms with Crippen molar-refractivity contribution in [1.82, 2.24) is 0 Å². The lowest BCUT2D eigenvalue weighted by Gasteiger charge is -2.15. The molecule has 0 aromatic heterocycles. The van der Waals surface area contributed by atoms with Gasteiger partial charge in [-0.15, -0.1) is 0 Å². The number of hydrogen-bond donors (Lipinski definition) is 0. The van der Waals surface area contributed by atoms with Crippen molar-refractivity contribution in [2.75, 3.05) is 26.3 Å². The predicted octanol–water partition coefficient (Wildman–Crippen LogP) is 4.55. The van der Waals surface area contributed by atoms with Gasteiger partial charge in [0.25, 0.3) is 5.91 Å². The van der Waals surface area contributed by atoms with Crippen molar-refractivity contribution in [3.8, 4) is 17.2 Å². The Morgan fingerprint density at radius 3 is 2.03 bits per heavy atom. The zero-order valence-corrected chi connectivity index (χ0v) is 17.5. The summed E-state index contributed by atoms with van der Waals surface area (Å²) < 4.78 is 16.4. The van der Waals surface area contributed by atoms with Gasteiger partial charge in [-0.05, 0) is 30.3 Å². The van der Waals surface area contributed by atoms with Crippen LogP contribution in [0.1, 0.15) is 11.1 Å². The Balaban J connectivity index is 1.87. The molecule has 4 rings (SSSR count). The molecule has 0 atom stereocenters. The molecule has 156 valence electrons. The third-order valence-corrected chi connectivity index (χ3v) is 4.96. The van der Waals surface area contributed by atoms with E-state index in [1.807, 2.05) is 66.7 Å². The van der Waals surface area contributed by atoms with Crippen molar-refractivity contribution in [2.24, 2.45) is 5.10 Å². The quantitative estimate of drug-likeness (QED) is 0.556. The first-order valence-corrected chi connectivity index (χ1v) is 9.72. The Bertz CT molecular complexity index is 1150. The van der Waals surface area contributed by atoms with Crippen LogP contribution in [0.15, 0.2) is 83.5 Å². The highest BCUT2D eigenvalue weighted by atomic mass is 16.5. The van der Waals surface area contributed by atoms with Crippen LogP contribution in [0.4, 0.5) is 5.69 Å². The standard InChI is InChI=1S/C25H22N2O4/c1-29-21-15-14-18(23(30-2)24(21)31-3)16-20-22(17-10-6-4-7-11-17)26-27(25(20)28)19-12-8-5-9-13-19/h4-16H,1-3H3/b20-16+. The number of amides is 1. The van der Waals surface area contributed by atoms with Crippen molar-refractivity contribution in [3.63, 3.8) is 0 Å². The molecule has 1 aliphatic rings.